The van der Waals surface area contributed by atoms with E-state index in [0.29, 0.717) is 17.1 Å². The first-order chi connectivity index (χ1) is 8.08. The Morgan fingerprint density at radius 1 is 1.06 bits per heavy atom. The average molecular weight is 234 g/mol. The molecular weight excluding hydrogens is 222 g/mol. The second-order valence-electron chi connectivity index (χ2n) is 3.75. The van der Waals surface area contributed by atoms with Crippen molar-refractivity contribution in [2.75, 3.05) is 17.7 Å². The average Bonchev–Trinajstić information content (AvgIpc) is 2.28. The van der Waals surface area contributed by atoms with Gasteiger partial charge in [-0.15, -0.1) is 0 Å². The number of nitrogen functional groups attached to an aromatic ring is 1. The number of hydrogen-bond acceptors (Lipinski definition) is 2. The van der Waals surface area contributed by atoms with Crippen molar-refractivity contribution in [2.45, 2.75) is 0 Å². The summed E-state index contributed by atoms with van der Waals surface area (Å²) in [7, 11) is 1.67. The van der Waals surface area contributed by atoms with Gasteiger partial charge in [-0.3, -0.25) is 0 Å². The SMILES string of the molecule is CN(c1cccc(F)c1)c1ccc(N)cc1F. The summed E-state index contributed by atoms with van der Waals surface area (Å²) < 4.78 is 26.7. The molecule has 0 saturated carbocycles. The molecular formula is C13H12F2N2. The van der Waals surface area contributed by atoms with Crippen LogP contribution in [0.1, 0.15) is 0 Å². The molecule has 4 heteroatoms. The number of halogens is 2. The monoisotopic (exact) mass is 234 g/mol. The Bertz CT molecular complexity index is 541. The third-order valence-corrected chi connectivity index (χ3v) is 2.53. The van der Waals surface area contributed by atoms with E-state index in [1.165, 1.54) is 18.2 Å². The molecule has 0 atom stereocenters. The Balaban J connectivity index is 2.40. The summed E-state index contributed by atoms with van der Waals surface area (Å²) >= 11 is 0. The maximum Gasteiger partial charge on any atom is 0.148 e. The zero-order valence-electron chi connectivity index (χ0n) is 9.32. The Labute approximate surface area is 98.3 Å². The molecule has 0 radical (unpaired) electrons. The minimum Gasteiger partial charge on any atom is -0.399 e. The van der Waals surface area contributed by atoms with Crippen molar-refractivity contribution in [3.63, 3.8) is 0 Å². The highest BCUT2D eigenvalue weighted by molar-refractivity contribution is 5.64. The molecule has 2 N–H and O–H groups in total. The first kappa shape index (κ1) is 11.4. The van der Waals surface area contributed by atoms with E-state index in [1.807, 2.05) is 0 Å². The number of hydrogen-bond donors (Lipinski definition) is 1. The zero-order valence-corrected chi connectivity index (χ0v) is 9.32. The standard InChI is InChI=1S/C13H12F2N2/c1-17(11-4-2-3-9(14)7-11)13-6-5-10(16)8-12(13)15/h2-8H,16H2,1H3. The number of anilines is 3. The van der Waals surface area contributed by atoms with Crippen LogP contribution in [0.5, 0.6) is 0 Å². The topological polar surface area (TPSA) is 29.3 Å². The van der Waals surface area contributed by atoms with Gasteiger partial charge in [-0.1, -0.05) is 6.07 Å². The van der Waals surface area contributed by atoms with E-state index in [-0.39, 0.29) is 5.82 Å². The molecule has 0 spiro atoms. The molecule has 0 aliphatic heterocycles. The quantitative estimate of drug-likeness (QED) is 0.808. The van der Waals surface area contributed by atoms with Crippen molar-refractivity contribution in [3.8, 4) is 0 Å². The normalized spacial score (nSPS) is 10.3. The number of nitrogens with zero attached hydrogens (tertiary/aromatic N) is 1. The molecule has 0 amide bonds. The molecule has 88 valence electrons. The molecule has 0 heterocycles. The van der Waals surface area contributed by atoms with Gasteiger partial charge in [0.15, 0.2) is 0 Å². The van der Waals surface area contributed by atoms with Crippen molar-refractivity contribution < 1.29 is 8.78 Å². The third kappa shape index (κ3) is 2.36. The molecule has 0 bridgehead atoms. The Morgan fingerprint density at radius 3 is 2.47 bits per heavy atom. The third-order valence-electron chi connectivity index (χ3n) is 2.53. The van der Waals surface area contributed by atoms with Crippen LogP contribution in [0.15, 0.2) is 42.5 Å². The minimum absolute atomic E-state index is 0.352. The van der Waals surface area contributed by atoms with Crippen LogP contribution in [0.4, 0.5) is 25.8 Å². The lowest BCUT2D eigenvalue weighted by molar-refractivity contribution is 0.623. The molecule has 0 unspecified atom stereocenters. The summed E-state index contributed by atoms with van der Waals surface area (Å²) in [5.74, 6) is -0.790. The highest BCUT2D eigenvalue weighted by Gasteiger charge is 2.10. The first-order valence-electron chi connectivity index (χ1n) is 5.12. The molecule has 2 aromatic carbocycles. The summed E-state index contributed by atoms with van der Waals surface area (Å²) in [6, 6.07) is 10.4. The van der Waals surface area contributed by atoms with Gasteiger partial charge in [0, 0.05) is 18.4 Å². The molecule has 0 aliphatic carbocycles. The summed E-state index contributed by atoms with van der Waals surface area (Å²) in [6.45, 7) is 0. The van der Waals surface area contributed by atoms with E-state index in [1.54, 1.807) is 36.2 Å². The maximum absolute atomic E-state index is 13.7. The van der Waals surface area contributed by atoms with Gasteiger partial charge in [0.05, 0.1) is 5.69 Å². The predicted molar refractivity (Wildman–Crippen MR) is 65.3 cm³/mol. The highest BCUT2D eigenvalue weighted by atomic mass is 19.1. The summed E-state index contributed by atoms with van der Waals surface area (Å²) in [6.07, 6.45) is 0. The molecule has 2 rings (SSSR count). The van der Waals surface area contributed by atoms with Crippen LogP contribution in [0.25, 0.3) is 0 Å². The summed E-state index contributed by atoms with van der Waals surface area (Å²) in [5, 5.41) is 0. The van der Waals surface area contributed by atoms with Crippen LogP contribution in [-0.4, -0.2) is 7.05 Å². The van der Waals surface area contributed by atoms with Gasteiger partial charge in [0.1, 0.15) is 11.6 Å². The maximum atomic E-state index is 13.7. The predicted octanol–water partition coefficient (Wildman–Crippen LogP) is 3.31. The summed E-state index contributed by atoms with van der Waals surface area (Å²) in [4.78, 5) is 1.57. The van der Waals surface area contributed by atoms with Gasteiger partial charge in [-0.05, 0) is 36.4 Å². The number of benzene rings is 2. The molecule has 17 heavy (non-hydrogen) atoms. The van der Waals surface area contributed by atoms with E-state index < -0.39 is 5.82 Å². The lowest BCUT2D eigenvalue weighted by atomic mass is 10.2. The largest absolute Gasteiger partial charge is 0.399 e. The van der Waals surface area contributed by atoms with Gasteiger partial charge < -0.3 is 10.6 Å². The van der Waals surface area contributed by atoms with Crippen molar-refractivity contribution in [2.24, 2.45) is 0 Å². The van der Waals surface area contributed by atoms with E-state index in [2.05, 4.69) is 0 Å². The van der Waals surface area contributed by atoms with Crippen LogP contribution in [0.3, 0.4) is 0 Å². The van der Waals surface area contributed by atoms with E-state index in [4.69, 9.17) is 5.73 Å². The number of nitrogens with two attached hydrogens (primary N) is 1. The molecule has 0 aromatic heterocycles. The molecule has 2 aromatic rings. The van der Waals surface area contributed by atoms with Gasteiger partial charge in [-0.25, -0.2) is 8.78 Å². The Morgan fingerprint density at radius 2 is 1.82 bits per heavy atom. The van der Waals surface area contributed by atoms with E-state index in [0.717, 1.165) is 0 Å². The lowest BCUT2D eigenvalue weighted by Gasteiger charge is -2.20. The van der Waals surface area contributed by atoms with Gasteiger partial charge in [-0.2, -0.15) is 0 Å². The van der Waals surface area contributed by atoms with Crippen LogP contribution < -0.4 is 10.6 Å². The van der Waals surface area contributed by atoms with Crippen molar-refractivity contribution in [1.29, 1.82) is 0 Å². The first-order valence-corrected chi connectivity index (χ1v) is 5.12. The Kier molecular flexibility index (Phi) is 2.95. The van der Waals surface area contributed by atoms with Crippen LogP contribution in [0.2, 0.25) is 0 Å². The fraction of sp³-hybridized carbons (Fsp3) is 0.0769. The van der Waals surface area contributed by atoms with Gasteiger partial charge in [0.25, 0.3) is 0 Å². The van der Waals surface area contributed by atoms with Crippen molar-refractivity contribution in [1.82, 2.24) is 0 Å². The minimum atomic E-state index is -0.434. The summed E-state index contributed by atoms with van der Waals surface area (Å²) in [5.41, 5.74) is 6.76. The van der Waals surface area contributed by atoms with E-state index >= 15 is 0 Å². The van der Waals surface area contributed by atoms with Gasteiger partial charge >= 0.3 is 0 Å². The fourth-order valence-electron chi connectivity index (χ4n) is 1.62. The molecule has 0 aliphatic rings. The van der Waals surface area contributed by atoms with Crippen LogP contribution >= 0.6 is 0 Å². The smallest absolute Gasteiger partial charge is 0.148 e. The lowest BCUT2D eigenvalue weighted by Crippen LogP contribution is -2.11. The fourth-order valence-corrected chi connectivity index (χ4v) is 1.62. The zero-order chi connectivity index (χ0) is 12.4. The van der Waals surface area contributed by atoms with Crippen LogP contribution in [-0.2, 0) is 0 Å². The number of rotatable bonds is 2. The second kappa shape index (κ2) is 4.41. The Hall–Kier alpha value is -2.10. The molecule has 0 fully saturated rings. The highest BCUT2D eigenvalue weighted by Crippen LogP contribution is 2.27. The second-order valence-corrected chi connectivity index (χ2v) is 3.75. The van der Waals surface area contributed by atoms with E-state index in [9.17, 15) is 8.78 Å². The van der Waals surface area contributed by atoms with Crippen LogP contribution in [0, 0.1) is 11.6 Å². The van der Waals surface area contributed by atoms with Crippen molar-refractivity contribution >= 4 is 17.1 Å². The molecule has 0 saturated heterocycles. The molecule has 2 nitrogen and oxygen atoms in total. The van der Waals surface area contributed by atoms with Gasteiger partial charge in [0.2, 0.25) is 0 Å². The van der Waals surface area contributed by atoms with Crippen molar-refractivity contribution in [3.05, 3.63) is 54.1 Å².